The molecule has 7 nitrogen and oxygen atoms in total. The van der Waals surface area contributed by atoms with Gasteiger partial charge in [-0.25, -0.2) is 0 Å². The second-order valence-corrected chi connectivity index (χ2v) is 13.2. The number of carboxylic acid groups (broad SMARTS) is 1. The van der Waals surface area contributed by atoms with Gasteiger partial charge in [0.15, 0.2) is 0 Å². The Balaban J connectivity index is 1.54. The first kappa shape index (κ1) is 26.9. The summed E-state index contributed by atoms with van der Waals surface area (Å²) in [5, 5.41) is 45.1. The van der Waals surface area contributed by atoms with E-state index in [0.717, 1.165) is 32.1 Å². The maximum Gasteiger partial charge on any atom is 0.322 e. The van der Waals surface area contributed by atoms with Gasteiger partial charge in [0.05, 0.1) is 18.3 Å². The van der Waals surface area contributed by atoms with Crippen molar-refractivity contribution < 1.29 is 30.0 Å². The molecule has 5 N–H and O–H groups in total. The van der Waals surface area contributed by atoms with Gasteiger partial charge in [-0.2, -0.15) is 0 Å². The standard InChI is InChI=1S/C28H47NO6/c1-14(10-15(2)26(35)29-13-23(32)33)18-6-7-19-24-21(12-22(31)28(18,19)5)27(4)9-8-17(30)11-20(27)16(3)25(24)34/h14-22,24-25,30-31,34H,6-13H2,1-5H3,(H,29,35)(H,32,33)/t14-,15?,16-,17-,18-,19?,20?,21?,22+,24?,25-,27+,28-/m1/s1. The lowest BCUT2D eigenvalue weighted by atomic mass is 9.41. The van der Waals surface area contributed by atoms with Crippen molar-refractivity contribution >= 4 is 11.9 Å². The number of fused-ring (bicyclic) bond motifs is 5. The summed E-state index contributed by atoms with van der Waals surface area (Å²) in [6.45, 7) is 10.4. The highest BCUT2D eigenvalue weighted by Crippen LogP contribution is 2.69. The van der Waals surface area contributed by atoms with Crippen LogP contribution in [0.25, 0.3) is 0 Å². The van der Waals surface area contributed by atoms with E-state index in [1.54, 1.807) is 0 Å². The van der Waals surface area contributed by atoms with Gasteiger partial charge in [-0.3, -0.25) is 9.59 Å². The molecule has 0 aliphatic heterocycles. The van der Waals surface area contributed by atoms with Crippen molar-refractivity contribution in [1.29, 1.82) is 0 Å². The Kier molecular flexibility index (Phi) is 7.37. The third-order valence-corrected chi connectivity index (χ3v) is 11.6. The summed E-state index contributed by atoms with van der Waals surface area (Å²) in [4.78, 5) is 23.2. The van der Waals surface area contributed by atoms with Crippen LogP contribution in [-0.2, 0) is 9.59 Å². The highest BCUT2D eigenvalue weighted by Gasteiger charge is 2.67. The molecule has 0 spiro atoms. The predicted octanol–water partition coefficient (Wildman–Crippen LogP) is 3.06. The average molecular weight is 494 g/mol. The summed E-state index contributed by atoms with van der Waals surface area (Å²) in [6, 6.07) is 0. The van der Waals surface area contributed by atoms with Gasteiger partial charge >= 0.3 is 5.97 Å². The van der Waals surface area contributed by atoms with Crippen LogP contribution < -0.4 is 5.32 Å². The molecule has 0 radical (unpaired) electrons. The van der Waals surface area contributed by atoms with E-state index in [2.05, 4.69) is 33.0 Å². The topological polar surface area (TPSA) is 127 Å². The quantitative estimate of drug-likeness (QED) is 0.387. The zero-order chi connectivity index (χ0) is 25.9. The lowest BCUT2D eigenvalue weighted by molar-refractivity contribution is -0.225. The van der Waals surface area contributed by atoms with E-state index in [9.17, 15) is 24.9 Å². The SMILES string of the molecule is CC(C[C@@H](C)[C@H]1CCC2C3C(C[C@H](O)[C@@]21C)[C@@]1(C)CC[C@@H](O)CC1[C@@H](C)[C@H]3O)C(=O)NCC(=O)O. The van der Waals surface area contributed by atoms with Gasteiger partial charge in [0, 0.05) is 5.92 Å². The highest BCUT2D eigenvalue weighted by molar-refractivity contribution is 5.82. The fourth-order valence-corrected chi connectivity index (χ4v) is 9.75. The second-order valence-electron chi connectivity index (χ2n) is 13.2. The third-order valence-electron chi connectivity index (χ3n) is 11.6. The summed E-state index contributed by atoms with van der Waals surface area (Å²) in [5.74, 6) is -0.0714. The average Bonchev–Trinajstić information content (AvgIpc) is 3.16. The number of nitrogens with one attached hydrogen (secondary N) is 1. The minimum atomic E-state index is -1.05. The van der Waals surface area contributed by atoms with Crippen molar-refractivity contribution in [2.24, 2.45) is 58.2 Å². The minimum Gasteiger partial charge on any atom is -0.480 e. The molecule has 4 fully saturated rings. The second kappa shape index (κ2) is 9.60. The van der Waals surface area contributed by atoms with E-state index in [0.29, 0.717) is 12.8 Å². The largest absolute Gasteiger partial charge is 0.480 e. The van der Waals surface area contributed by atoms with Crippen molar-refractivity contribution in [2.75, 3.05) is 6.54 Å². The van der Waals surface area contributed by atoms with Crippen LogP contribution in [0.3, 0.4) is 0 Å². The molecule has 1 amide bonds. The summed E-state index contributed by atoms with van der Waals surface area (Å²) in [7, 11) is 0. The maximum atomic E-state index is 12.4. The molecule has 13 atom stereocenters. The number of hydrogen-bond acceptors (Lipinski definition) is 5. The first-order valence-electron chi connectivity index (χ1n) is 13.9. The van der Waals surface area contributed by atoms with E-state index in [1.807, 2.05) is 6.92 Å². The zero-order valence-corrected chi connectivity index (χ0v) is 22.1. The Morgan fingerprint density at radius 3 is 2.34 bits per heavy atom. The molecular weight excluding hydrogens is 446 g/mol. The van der Waals surface area contributed by atoms with Gasteiger partial charge in [-0.15, -0.1) is 0 Å². The van der Waals surface area contributed by atoms with Crippen molar-refractivity contribution in [3.05, 3.63) is 0 Å². The highest BCUT2D eigenvalue weighted by atomic mass is 16.4. The van der Waals surface area contributed by atoms with E-state index >= 15 is 0 Å². The van der Waals surface area contributed by atoms with Gasteiger partial charge in [0.1, 0.15) is 6.54 Å². The van der Waals surface area contributed by atoms with Crippen molar-refractivity contribution in [1.82, 2.24) is 5.32 Å². The Morgan fingerprint density at radius 2 is 1.69 bits per heavy atom. The first-order valence-corrected chi connectivity index (χ1v) is 13.9. The molecule has 4 rings (SSSR count). The van der Waals surface area contributed by atoms with Crippen LogP contribution in [0.15, 0.2) is 0 Å². The predicted molar refractivity (Wildman–Crippen MR) is 132 cm³/mol. The van der Waals surface area contributed by atoms with Crippen LogP contribution >= 0.6 is 0 Å². The summed E-state index contributed by atoms with van der Waals surface area (Å²) >= 11 is 0. The van der Waals surface area contributed by atoms with Gasteiger partial charge in [-0.05, 0) is 97.2 Å². The number of aliphatic carboxylic acids is 1. The molecule has 0 saturated heterocycles. The van der Waals surface area contributed by atoms with Crippen LogP contribution in [0.5, 0.6) is 0 Å². The Morgan fingerprint density at radius 1 is 1.00 bits per heavy atom. The van der Waals surface area contributed by atoms with Crippen molar-refractivity contribution in [2.45, 2.75) is 97.9 Å². The monoisotopic (exact) mass is 493 g/mol. The van der Waals surface area contributed by atoms with Crippen LogP contribution in [0, 0.1) is 58.2 Å². The fraction of sp³-hybridized carbons (Fsp3) is 0.929. The molecule has 35 heavy (non-hydrogen) atoms. The maximum absolute atomic E-state index is 12.4. The Bertz CT molecular complexity index is 819. The number of carbonyl (C=O) groups excluding carboxylic acids is 1. The van der Waals surface area contributed by atoms with Crippen LogP contribution in [0.2, 0.25) is 0 Å². The Labute approximate surface area is 210 Å². The number of amides is 1. The van der Waals surface area contributed by atoms with Gasteiger partial charge in [0.25, 0.3) is 0 Å². The van der Waals surface area contributed by atoms with E-state index in [4.69, 9.17) is 5.11 Å². The third kappa shape index (κ3) is 4.33. The molecular formula is C28H47NO6. The first-order chi connectivity index (χ1) is 16.3. The fourth-order valence-electron chi connectivity index (χ4n) is 9.75. The molecule has 200 valence electrons. The van der Waals surface area contributed by atoms with Gasteiger partial charge in [0.2, 0.25) is 5.91 Å². The summed E-state index contributed by atoms with van der Waals surface area (Å²) in [5.41, 5.74) is -0.277. The van der Waals surface area contributed by atoms with Gasteiger partial charge < -0.3 is 25.7 Å². The van der Waals surface area contributed by atoms with Crippen LogP contribution in [0.1, 0.15) is 79.6 Å². The van der Waals surface area contributed by atoms with Crippen molar-refractivity contribution in [3.63, 3.8) is 0 Å². The summed E-state index contributed by atoms with van der Waals surface area (Å²) < 4.78 is 0. The van der Waals surface area contributed by atoms with Crippen LogP contribution in [0.4, 0.5) is 0 Å². The molecule has 0 bridgehead atoms. The van der Waals surface area contributed by atoms with Crippen LogP contribution in [-0.4, -0.2) is 57.2 Å². The molecule has 0 heterocycles. The molecule has 4 saturated carbocycles. The molecule has 7 heteroatoms. The number of aliphatic hydroxyl groups excluding tert-OH is 3. The molecule has 4 aliphatic carbocycles. The molecule has 0 aromatic rings. The lowest BCUT2D eigenvalue weighted by Gasteiger charge is -2.65. The van der Waals surface area contributed by atoms with E-state index in [-0.39, 0.29) is 76.7 Å². The number of aliphatic hydroxyl groups is 3. The van der Waals surface area contributed by atoms with E-state index < -0.39 is 18.2 Å². The lowest BCUT2D eigenvalue weighted by Crippen LogP contribution is -2.64. The number of rotatable bonds is 6. The molecule has 4 aliphatic rings. The molecule has 0 aromatic carbocycles. The smallest absolute Gasteiger partial charge is 0.322 e. The Hall–Kier alpha value is -1.18. The number of hydrogen-bond donors (Lipinski definition) is 5. The normalized spacial score (nSPS) is 48.7. The van der Waals surface area contributed by atoms with Crippen molar-refractivity contribution in [3.8, 4) is 0 Å². The van der Waals surface area contributed by atoms with E-state index in [1.165, 1.54) is 0 Å². The molecule has 5 unspecified atom stereocenters. The minimum absolute atomic E-state index is 0.0330. The number of carboxylic acids is 1. The number of carbonyl (C=O) groups is 2. The molecule has 0 aromatic heterocycles. The van der Waals surface area contributed by atoms with Gasteiger partial charge in [-0.1, -0.05) is 34.6 Å². The summed E-state index contributed by atoms with van der Waals surface area (Å²) in [6.07, 6.45) is 4.65. The zero-order valence-electron chi connectivity index (χ0n) is 22.1.